The number of fused-ring (bicyclic) bond motifs is 1. The van der Waals surface area contributed by atoms with Crippen molar-refractivity contribution in [2.24, 2.45) is 0 Å². The lowest BCUT2D eigenvalue weighted by Crippen LogP contribution is -2.14. The number of amides is 1. The van der Waals surface area contributed by atoms with Crippen LogP contribution in [0.15, 0.2) is 82.0 Å². The minimum Gasteiger partial charge on any atom is -0.340 e. The number of aromatic nitrogens is 2. The molecular formula is C22H16Br2N4O. The molecule has 0 unspecified atom stereocenters. The SMILES string of the molecule is O=C(Cc1ccc(Br)cc1)Nc1ccc2ncnc(Nc3ccc(Br)cc3)c2c1. The average Bonchev–Trinajstić information content (AvgIpc) is 2.72. The van der Waals surface area contributed by atoms with Crippen molar-refractivity contribution in [2.45, 2.75) is 6.42 Å². The van der Waals surface area contributed by atoms with Crippen LogP contribution in [0.3, 0.4) is 0 Å². The largest absolute Gasteiger partial charge is 0.340 e. The summed E-state index contributed by atoms with van der Waals surface area (Å²) < 4.78 is 1.99. The van der Waals surface area contributed by atoms with E-state index in [0.717, 1.165) is 31.1 Å². The third-order valence-corrected chi connectivity index (χ3v) is 5.36. The molecule has 0 saturated heterocycles. The van der Waals surface area contributed by atoms with Gasteiger partial charge in [0, 0.05) is 25.7 Å². The standard InChI is InChI=1S/C22H16Br2N4O/c23-15-3-1-14(2-4-15)11-21(29)27-18-9-10-20-19(12-18)22(26-13-25-20)28-17-7-5-16(24)6-8-17/h1-10,12-13H,11H2,(H,27,29)(H,25,26,28). The Hall–Kier alpha value is -2.77. The number of hydrogen-bond acceptors (Lipinski definition) is 4. The highest BCUT2D eigenvalue weighted by Gasteiger charge is 2.09. The van der Waals surface area contributed by atoms with Crippen LogP contribution < -0.4 is 10.6 Å². The highest BCUT2D eigenvalue weighted by Crippen LogP contribution is 2.26. The van der Waals surface area contributed by atoms with Crippen LogP contribution in [-0.2, 0) is 11.2 Å². The monoisotopic (exact) mass is 510 g/mol. The number of rotatable bonds is 5. The predicted octanol–water partition coefficient (Wildman–Crippen LogP) is 6.08. The van der Waals surface area contributed by atoms with Gasteiger partial charge in [-0.2, -0.15) is 0 Å². The smallest absolute Gasteiger partial charge is 0.228 e. The molecule has 2 N–H and O–H groups in total. The maximum absolute atomic E-state index is 12.4. The molecule has 0 saturated carbocycles. The number of hydrogen-bond donors (Lipinski definition) is 2. The second-order valence-electron chi connectivity index (χ2n) is 6.44. The topological polar surface area (TPSA) is 66.9 Å². The normalized spacial score (nSPS) is 10.7. The van der Waals surface area contributed by atoms with E-state index in [0.29, 0.717) is 17.9 Å². The third-order valence-electron chi connectivity index (χ3n) is 4.30. The second-order valence-corrected chi connectivity index (χ2v) is 8.27. The fraction of sp³-hybridized carbons (Fsp3) is 0.0455. The van der Waals surface area contributed by atoms with Crippen molar-refractivity contribution in [1.29, 1.82) is 0 Å². The first-order valence-electron chi connectivity index (χ1n) is 8.88. The molecule has 4 rings (SSSR count). The van der Waals surface area contributed by atoms with Crippen LogP contribution in [-0.4, -0.2) is 15.9 Å². The van der Waals surface area contributed by atoms with Crippen molar-refractivity contribution >= 4 is 65.9 Å². The Morgan fingerprint density at radius 2 is 1.48 bits per heavy atom. The molecule has 0 aliphatic rings. The van der Waals surface area contributed by atoms with Crippen molar-refractivity contribution in [2.75, 3.05) is 10.6 Å². The molecule has 0 spiro atoms. The molecule has 0 bridgehead atoms. The van der Waals surface area contributed by atoms with E-state index >= 15 is 0 Å². The Labute approximate surface area is 184 Å². The summed E-state index contributed by atoms with van der Waals surface area (Å²) in [7, 11) is 0. The van der Waals surface area contributed by atoms with E-state index in [-0.39, 0.29) is 5.91 Å². The van der Waals surface area contributed by atoms with Crippen molar-refractivity contribution in [3.63, 3.8) is 0 Å². The third kappa shape index (κ3) is 4.99. The summed E-state index contributed by atoms with van der Waals surface area (Å²) in [6.07, 6.45) is 1.83. The molecule has 29 heavy (non-hydrogen) atoms. The van der Waals surface area contributed by atoms with E-state index in [2.05, 4.69) is 52.5 Å². The number of benzene rings is 3. The van der Waals surface area contributed by atoms with Crippen LogP contribution in [0.1, 0.15) is 5.56 Å². The van der Waals surface area contributed by atoms with E-state index in [9.17, 15) is 4.79 Å². The fourth-order valence-corrected chi connectivity index (χ4v) is 3.43. The average molecular weight is 512 g/mol. The summed E-state index contributed by atoms with van der Waals surface area (Å²) in [5.74, 6) is 0.604. The molecule has 0 atom stereocenters. The summed E-state index contributed by atoms with van der Waals surface area (Å²) in [6.45, 7) is 0. The van der Waals surface area contributed by atoms with Gasteiger partial charge < -0.3 is 10.6 Å². The van der Waals surface area contributed by atoms with Crippen molar-refractivity contribution in [3.05, 3.63) is 87.6 Å². The van der Waals surface area contributed by atoms with E-state index in [4.69, 9.17) is 0 Å². The van der Waals surface area contributed by atoms with Crippen LogP contribution in [0.25, 0.3) is 10.9 Å². The molecule has 0 aliphatic heterocycles. The van der Waals surface area contributed by atoms with Gasteiger partial charge in [0.05, 0.1) is 11.9 Å². The number of anilines is 3. The van der Waals surface area contributed by atoms with Gasteiger partial charge in [0.1, 0.15) is 12.1 Å². The molecule has 3 aromatic carbocycles. The quantitative estimate of drug-likeness (QED) is 0.340. The van der Waals surface area contributed by atoms with Gasteiger partial charge in [0.15, 0.2) is 0 Å². The molecule has 1 heterocycles. The molecule has 1 aromatic heterocycles. The van der Waals surface area contributed by atoms with Crippen molar-refractivity contribution in [3.8, 4) is 0 Å². The van der Waals surface area contributed by atoms with Gasteiger partial charge in [-0.05, 0) is 60.2 Å². The highest BCUT2D eigenvalue weighted by atomic mass is 79.9. The number of halogens is 2. The van der Waals surface area contributed by atoms with Crippen LogP contribution in [0.5, 0.6) is 0 Å². The van der Waals surface area contributed by atoms with Gasteiger partial charge in [-0.15, -0.1) is 0 Å². The summed E-state index contributed by atoms with van der Waals surface area (Å²) in [4.78, 5) is 21.1. The fourth-order valence-electron chi connectivity index (χ4n) is 2.90. The lowest BCUT2D eigenvalue weighted by molar-refractivity contribution is -0.115. The van der Waals surface area contributed by atoms with Gasteiger partial charge >= 0.3 is 0 Å². The zero-order chi connectivity index (χ0) is 20.2. The zero-order valence-corrected chi connectivity index (χ0v) is 18.4. The number of carbonyl (C=O) groups is 1. The first kappa shape index (κ1) is 19.5. The lowest BCUT2D eigenvalue weighted by Gasteiger charge is -2.11. The second kappa shape index (κ2) is 8.71. The summed E-state index contributed by atoms with van der Waals surface area (Å²) in [5.41, 5.74) is 3.36. The van der Waals surface area contributed by atoms with Gasteiger partial charge in [-0.1, -0.05) is 44.0 Å². The molecule has 1 amide bonds. The summed E-state index contributed by atoms with van der Waals surface area (Å²) in [5, 5.41) is 7.10. The number of carbonyl (C=O) groups excluding carboxylic acids is 1. The van der Waals surface area contributed by atoms with Crippen molar-refractivity contribution < 1.29 is 4.79 Å². The number of nitrogens with one attached hydrogen (secondary N) is 2. The lowest BCUT2D eigenvalue weighted by atomic mass is 10.1. The Balaban J connectivity index is 1.55. The maximum Gasteiger partial charge on any atom is 0.228 e. The van der Waals surface area contributed by atoms with Crippen LogP contribution in [0.4, 0.5) is 17.2 Å². The van der Waals surface area contributed by atoms with Crippen LogP contribution >= 0.6 is 31.9 Å². The number of nitrogens with zero attached hydrogens (tertiary/aromatic N) is 2. The zero-order valence-electron chi connectivity index (χ0n) is 15.2. The Morgan fingerprint density at radius 3 is 2.21 bits per heavy atom. The highest BCUT2D eigenvalue weighted by molar-refractivity contribution is 9.10. The molecule has 144 valence electrons. The maximum atomic E-state index is 12.4. The minimum absolute atomic E-state index is 0.0778. The van der Waals surface area contributed by atoms with Gasteiger partial charge in [-0.3, -0.25) is 4.79 Å². The first-order chi connectivity index (χ1) is 14.1. The Morgan fingerprint density at radius 1 is 0.828 bits per heavy atom. The van der Waals surface area contributed by atoms with Crippen LogP contribution in [0, 0.1) is 0 Å². The first-order valence-corrected chi connectivity index (χ1v) is 10.5. The molecule has 4 aromatic rings. The van der Waals surface area contributed by atoms with E-state index in [1.54, 1.807) is 0 Å². The van der Waals surface area contributed by atoms with Gasteiger partial charge in [0.2, 0.25) is 5.91 Å². The van der Waals surface area contributed by atoms with E-state index < -0.39 is 0 Å². The predicted molar refractivity (Wildman–Crippen MR) is 123 cm³/mol. The van der Waals surface area contributed by atoms with Gasteiger partial charge in [-0.25, -0.2) is 9.97 Å². The van der Waals surface area contributed by atoms with Crippen molar-refractivity contribution in [1.82, 2.24) is 9.97 Å². The molecule has 0 radical (unpaired) electrons. The minimum atomic E-state index is -0.0778. The Bertz CT molecular complexity index is 1160. The molecular weight excluding hydrogens is 496 g/mol. The van der Waals surface area contributed by atoms with E-state index in [1.165, 1.54) is 6.33 Å². The molecule has 0 fully saturated rings. The van der Waals surface area contributed by atoms with E-state index in [1.807, 2.05) is 66.7 Å². The molecule has 0 aliphatic carbocycles. The molecule has 7 heteroatoms. The summed E-state index contributed by atoms with van der Waals surface area (Å²) >= 11 is 6.84. The summed E-state index contributed by atoms with van der Waals surface area (Å²) in [6, 6.07) is 21.2. The Kier molecular flexibility index (Phi) is 5.87. The van der Waals surface area contributed by atoms with Crippen LogP contribution in [0.2, 0.25) is 0 Å². The molecule has 5 nitrogen and oxygen atoms in total. The van der Waals surface area contributed by atoms with Gasteiger partial charge in [0.25, 0.3) is 0 Å².